The fourth-order valence-electron chi connectivity index (χ4n) is 1.83. The molecule has 4 nitrogen and oxygen atoms in total. The van der Waals surface area contributed by atoms with Crippen molar-refractivity contribution in [1.82, 2.24) is 4.72 Å². The fraction of sp³-hybridized carbons (Fsp3) is 0.0625. The second kappa shape index (κ2) is 7.17. The predicted molar refractivity (Wildman–Crippen MR) is 93.1 cm³/mol. The lowest BCUT2D eigenvalue weighted by Crippen LogP contribution is -2.29. The standard InChI is InChI=1S/C16H13Cl2NO3S/c1-11-4-2-3-5-12(11)8-9-23(21,22)19-16(20)14-7-6-13(17)10-15(14)18/h2-10H,1H3,(H,19,20)/b9-8+. The summed E-state index contributed by atoms with van der Waals surface area (Å²) in [5.41, 5.74) is 1.70. The van der Waals surface area contributed by atoms with Crippen LogP contribution in [-0.2, 0) is 10.0 Å². The van der Waals surface area contributed by atoms with E-state index in [1.165, 1.54) is 24.3 Å². The zero-order chi connectivity index (χ0) is 17.0. The van der Waals surface area contributed by atoms with Gasteiger partial charge in [0.25, 0.3) is 15.9 Å². The molecule has 0 aliphatic carbocycles. The maximum Gasteiger partial charge on any atom is 0.266 e. The summed E-state index contributed by atoms with van der Waals surface area (Å²) in [5, 5.41) is 1.37. The number of halogens is 2. The largest absolute Gasteiger partial charge is 0.268 e. The number of carbonyl (C=O) groups excluding carboxylic acids is 1. The van der Waals surface area contributed by atoms with Crippen LogP contribution >= 0.6 is 23.2 Å². The van der Waals surface area contributed by atoms with Gasteiger partial charge in [0.2, 0.25) is 0 Å². The molecule has 1 N–H and O–H groups in total. The van der Waals surface area contributed by atoms with Crippen LogP contribution < -0.4 is 4.72 Å². The quantitative estimate of drug-likeness (QED) is 0.884. The van der Waals surface area contributed by atoms with Crippen molar-refractivity contribution in [3.8, 4) is 0 Å². The van der Waals surface area contributed by atoms with Crippen LogP contribution in [0.2, 0.25) is 10.0 Å². The smallest absolute Gasteiger partial charge is 0.266 e. The van der Waals surface area contributed by atoms with E-state index in [1.807, 2.05) is 23.8 Å². The molecule has 0 heterocycles. The molecule has 0 atom stereocenters. The zero-order valence-electron chi connectivity index (χ0n) is 12.1. The average Bonchev–Trinajstić information content (AvgIpc) is 2.45. The first kappa shape index (κ1) is 17.5. The Morgan fingerprint density at radius 3 is 2.48 bits per heavy atom. The minimum Gasteiger partial charge on any atom is -0.268 e. The van der Waals surface area contributed by atoms with Crippen molar-refractivity contribution in [2.75, 3.05) is 0 Å². The number of hydrogen-bond acceptors (Lipinski definition) is 3. The molecule has 23 heavy (non-hydrogen) atoms. The molecule has 0 spiro atoms. The molecule has 1 amide bonds. The van der Waals surface area contributed by atoms with E-state index in [0.29, 0.717) is 5.02 Å². The number of nitrogens with one attached hydrogen (secondary N) is 1. The number of hydrogen-bond donors (Lipinski definition) is 1. The van der Waals surface area contributed by atoms with Crippen molar-refractivity contribution >= 4 is 45.2 Å². The molecule has 0 aromatic heterocycles. The van der Waals surface area contributed by atoms with Gasteiger partial charge in [0.15, 0.2) is 0 Å². The third-order valence-corrected chi connectivity index (χ3v) is 4.54. The molecule has 0 radical (unpaired) electrons. The van der Waals surface area contributed by atoms with E-state index >= 15 is 0 Å². The Bertz CT molecular complexity index is 877. The molecule has 0 fully saturated rings. The second-order valence-electron chi connectivity index (χ2n) is 4.76. The molecule has 0 aliphatic heterocycles. The third kappa shape index (κ3) is 4.82. The maximum absolute atomic E-state index is 12.0. The molecular formula is C16H13Cl2NO3S. The monoisotopic (exact) mass is 369 g/mol. The molecular weight excluding hydrogens is 357 g/mol. The molecule has 7 heteroatoms. The number of carbonyl (C=O) groups is 1. The van der Waals surface area contributed by atoms with E-state index < -0.39 is 15.9 Å². The van der Waals surface area contributed by atoms with Crippen LogP contribution in [0.3, 0.4) is 0 Å². The summed E-state index contributed by atoms with van der Waals surface area (Å²) in [6.07, 6.45) is 1.43. The van der Waals surface area contributed by atoms with Crippen molar-refractivity contribution in [1.29, 1.82) is 0 Å². The van der Waals surface area contributed by atoms with Gasteiger partial charge in [0.05, 0.1) is 16.0 Å². The Hall–Kier alpha value is -1.82. The van der Waals surface area contributed by atoms with Gasteiger partial charge in [-0.15, -0.1) is 0 Å². The molecule has 120 valence electrons. The first-order valence-electron chi connectivity index (χ1n) is 6.54. The van der Waals surface area contributed by atoms with Crippen LogP contribution in [0, 0.1) is 6.92 Å². The van der Waals surface area contributed by atoms with Gasteiger partial charge in [-0.2, -0.15) is 0 Å². The minimum absolute atomic E-state index is 0.0314. The Balaban J connectivity index is 2.18. The molecule has 0 bridgehead atoms. The van der Waals surface area contributed by atoms with Gasteiger partial charge in [-0.05, 0) is 42.3 Å². The summed E-state index contributed by atoms with van der Waals surface area (Å²) in [4.78, 5) is 12.0. The average molecular weight is 370 g/mol. The van der Waals surface area contributed by atoms with Gasteiger partial charge < -0.3 is 0 Å². The van der Waals surface area contributed by atoms with Crippen LogP contribution in [0.4, 0.5) is 0 Å². The Morgan fingerprint density at radius 1 is 1.13 bits per heavy atom. The Labute approximate surface area is 144 Å². The van der Waals surface area contributed by atoms with Crippen molar-refractivity contribution in [2.24, 2.45) is 0 Å². The summed E-state index contributed by atoms with van der Waals surface area (Å²) in [6.45, 7) is 1.86. The lowest BCUT2D eigenvalue weighted by molar-refractivity contribution is 0.0982. The van der Waals surface area contributed by atoms with Gasteiger partial charge in [0.1, 0.15) is 0 Å². The normalized spacial score (nSPS) is 11.6. The molecule has 2 rings (SSSR count). The summed E-state index contributed by atoms with van der Waals surface area (Å²) >= 11 is 11.6. The molecule has 0 unspecified atom stereocenters. The minimum atomic E-state index is -3.94. The predicted octanol–water partition coefficient (Wildman–Crippen LogP) is 4.03. The molecule has 2 aromatic carbocycles. The highest BCUT2D eigenvalue weighted by molar-refractivity contribution is 7.93. The molecule has 0 saturated carbocycles. The number of benzene rings is 2. The van der Waals surface area contributed by atoms with Crippen molar-refractivity contribution in [2.45, 2.75) is 6.92 Å². The van der Waals surface area contributed by atoms with E-state index in [1.54, 1.807) is 12.1 Å². The van der Waals surface area contributed by atoms with Gasteiger partial charge >= 0.3 is 0 Å². The highest BCUT2D eigenvalue weighted by Crippen LogP contribution is 2.21. The van der Waals surface area contributed by atoms with Crippen LogP contribution in [-0.4, -0.2) is 14.3 Å². The topological polar surface area (TPSA) is 63.2 Å². The number of aryl methyl sites for hydroxylation is 1. The Kier molecular flexibility index (Phi) is 5.46. The van der Waals surface area contributed by atoms with Crippen molar-refractivity contribution in [3.63, 3.8) is 0 Å². The van der Waals surface area contributed by atoms with Gasteiger partial charge in [-0.3, -0.25) is 4.79 Å². The van der Waals surface area contributed by atoms with E-state index in [0.717, 1.165) is 16.5 Å². The summed E-state index contributed by atoms with van der Waals surface area (Å²) < 4.78 is 25.9. The Morgan fingerprint density at radius 2 is 1.83 bits per heavy atom. The van der Waals surface area contributed by atoms with Crippen LogP contribution in [0.1, 0.15) is 21.5 Å². The molecule has 0 aliphatic rings. The van der Waals surface area contributed by atoms with Crippen molar-refractivity contribution < 1.29 is 13.2 Å². The van der Waals surface area contributed by atoms with Crippen LogP contribution in [0.15, 0.2) is 47.9 Å². The maximum atomic E-state index is 12.0. The zero-order valence-corrected chi connectivity index (χ0v) is 14.4. The number of amides is 1. The van der Waals surface area contributed by atoms with Gasteiger partial charge in [0, 0.05) is 5.02 Å². The fourth-order valence-corrected chi connectivity index (χ4v) is 3.08. The lowest BCUT2D eigenvalue weighted by atomic mass is 10.1. The highest BCUT2D eigenvalue weighted by atomic mass is 35.5. The van der Waals surface area contributed by atoms with Gasteiger partial charge in [-0.1, -0.05) is 47.5 Å². The third-order valence-electron chi connectivity index (χ3n) is 3.03. The second-order valence-corrected chi connectivity index (χ2v) is 7.17. The van der Waals surface area contributed by atoms with E-state index in [-0.39, 0.29) is 10.6 Å². The summed E-state index contributed by atoms with van der Waals surface area (Å²) in [6, 6.07) is 11.5. The molecule has 0 saturated heterocycles. The van der Waals surface area contributed by atoms with Gasteiger partial charge in [-0.25, -0.2) is 13.1 Å². The summed E-state index contributed by atoms with van der Waals surface area (Å²) in [7, 11) is -3.94. The highest BCUT2D eigenvalue weighted by Gasteiger charge is 2.16. The first-order valence-corrected chi connectivity index (χ1v) is 8.84. The number of rotatable bonds is 4. The SMILES string of the molecule is Cc1ccccc1/C=C/S(=O)(=O)NC(=O)c1ccc(Cl)cc1Cl. The van der Waals surface area contributed by atoms with E-state index in [2.05, 4.69) is 0 Å². The van der Waals surface area contributed by atoms with E-state index in [4.69, 9.17) is 23.2 Å². The first-order chi connectivity index (χ1) is 10.8. The van der Waals surface area contributed by atoms with E-state index in [9.17, 15) is 13.2 Å². The number of sulfonamides is 1. The van der Waals surface area contributed by atoms with Crippen LogP contribution in [0.25, 0.3) is 6.08 Å². The molecule has 2 aromatic rings. The lowest BCUT2D eigenvalue weighted by Gasteiger charge is -2.06. The summed E-state index contributed by atoms with van der Waals surface area (Å²) in [5.74, 6) is -0.818. The van der Waals surface area contributed by atoms with Crippen LogP contribution in [0.5, 0.6) is 0 Å². The van der Waals surface area contributed by atoms with Crippen molar-refractivity contribution in [3.05, 3.63) is 74.6 Å².